The van der Waals surface area contributed by atoms with Gasteiger partial charge in [-0.2, -0.15) is 0 Å². The van der Waals surface area contributed by atoms with Crippen LogP contribution in [0.4, 0.5) is 5.69 Å². The SMILES string of the molecule is CC1(NC(=O)C2Cc3ccccc3N2)CCC1. The summed E-state index contributed by atoms with van der Waals surface area (Å²) in [7, 11) is 0. The van der Waals surface area contributed by atoms with Crippen LogP contribution in [0.1, 0.15) is 31.7 Å². The number of nitrogens with one attached hydrogen (secondary N) is 2. The van der Waals surface area contributed by atoms with Crippen LogP contribution in [0, 0.1) is 0 Å². The number of amides is 1. The molecule has 3 rings (SSSR count). The van der Waals surface area contributed by atoms with Gasteiger partial charge in [-0.15, -0.1) is 0 Å². The van der Waals surface area contributed by atoms with Gasteiger partial charge >= 0.3 is 0 Å². The molecule has 1 amide bonds. The molecule has 1 atom stereocenters. The lowest BCUT2D eigenvalue weighted by Crippen LogP contribution is -2.54. The number of carbonyl (C=O) groups is 1. The van der Waals surface area contributed by atoms with Gasteiger partial charge in [0.05, 0.1) is 0 Å². The molecule has 1 aliphatic carbocycles. The summed E-state index contributed by atoms with van der Waals surface area (Å²) in [5, 5.41) is 6.46. The Labute approximate surface area is 102 Å². The Morgan fingerprint density at radius 1 is 1.41 bits per heavy atom. The van der Waals surface area contributed by atoms with E-state index in [4.69, 9.17) is 0 Å². The zero-order chi connectivity index (χ0) is 11.9. The van der Waals surface area contributed by atoms with E-state index < -0.39 is 0 Å². The Kier molecular flexibility index (Phi) is 2.35. The fourth-order valence-corrected chi connectivity index (χ4v) is 2.67. The van der Waals surface area contributed by atoms with Gasteiger partial charge < -0.3 is 10.6 Å². The average molecular weight is 230 g/mol. The first-order valence-electron chi connectivity index (χ1n) is 6.33. The molecule has 0 saturated heterocycles. The van der Waals surface area contributed by atoms with Crippen LogP contribution in [-0.2, 0) is 11.2 Å². The lowest BCUT2D eigenvalue weighted by molar-refractivity contribution is -0.124. The van der Waals surface area contributed by atoms with E-state index in [1.807, 2.05) is 18.2 Å². The van der Waals surface area contributed by atoms with Crippen molar-refractivity contribution in [1.29, 1.82) is 0 Å². The summed E-state index contributed by atoms with van der Waals surface area (Å²) in [6.45, 7) is 2.14. The molecule has 0 aromatic heterocycles. The van der Waals surface area contributed by atoms with Crippen LogP contribution >= 0.6 is 0 Å². The summed E-state index contributed by atoms with van der Waals surface area (Å²) in [5.41, 5.74) is 2.39. The summed E-state index contributed by atoms with van der Waals surface area (Å²) >= 11 is 0. The van der Waals surface area contributed by atoms with Crippen molar-refractivity contribution in [2.75, 3.05) is 5.32 Å². The summed E-state index contributed by atoms with van der Waals surface area (Å²) in [5.74, 6) is 0.142. The van der Waals surface area contributed by atoms with E-state index >= 15 is 0 Å². The molecule has 1 aromatic carbocycles. The largest absolute Gasteiger partial charge is 0.373 e. The van der Waals surface area contributed by atoms with Gasteiger partial charge in [0.1, 0.15) is 6.04 Å². The third kappa shape index (κ3) is 1.90. The first-order valence-corrected chi connectivity index (χ1v) is 6.33. The first kappa shape index (κ1) is 10.6. The van der Waals surface area contributed by atoms with Crippen molar-refractivity contribution in [2.45, 2.75) is 44.2 Å². The number of carbonyl (C=O) groups excluding carboxylic acids is 1. The normalized spacial score (nSPS) is 24.4. The number of fused-ring (bicyclic) bond motifs is 1. The molecule has 3 nitrogen and oxygen atoms in total. The van der Waals surface area contributed by atoms with Crippen LogP contribution in [0.5, 0.6) is 0 Å². The smallest absolute Gasteiger partial charge is 0.243 e. The summed E-state index contributed by atoms with van der Waals surface area (Å²) in [6.07, 6.45) is 4.25. The highest BCUT2D eigenvalue weighted by molar-refractivity contribution is 5.88. The lowest BCUT2D eigenvalue weighted by Gasteiger charge is -2.39. The van der Waals surface area contributed by atoms with E-state index in [0.29, 0.717) is 0 Å². The molecule has 1 unspecified atom stereocenters. The van der Waals surface area contributed by atoms with Gasteiger partial charge in [-0.05, 0) is 37.8 Å². The van der Waals surface area contributed by atoms with Crippen molar-refractivity contribution in [3.05, 3.63) is 29.8 Å². The quantitative estimate of drug-likeness (QED) is 0.816. The van der Waals surface area contributed by atoms with Crippen LogP contribution in [-0.4, -0.2) is 17.5 Å². The number of benzene rings is 1. The molecular formula is C14H18N2O. The van der Waals surface area contributed by atoms with Crippen LogP contribution in [0.2, 0.25) is 0 Å². The molecule has 2 N–H and O–H groups in total. The number of hydrogen-bond acceptors (Lipinski definition) is 2. The zero-order valence-corrected chi connectivity index (χ0v) is 10.1. The Balaban J connectivity index is 1.66. The molecule has 90 valence electrons. The van der Waals surface area contributed by atoms with E-state index in [1.54, 1.807) is 0 Å². The maximum absolute atomic E-state index is 12.1. The molecule has 1 aromatic rings. The van der Waals surface area contributed by atoms with Crippen LogP contribution in [0.25, 0.3) is 0 Å². The van der Waals surface area contributed by atoms with Gasteiger partial charge in [0.25, 0.3) is 0 Å². The molecule has 0 bridgehead atoms. The van der Waals surface area contributed by atoms with Crippen molar-refractivity contribution >= 4 is 11.6 Å². The van der Waals surface area contributed by atoms with Crippen LogP contribution in [0.15, 0.2) is 24.3 Å². The van der Waals surface area contributed by atoms with Crippen molar-refractivity contribution in [3.63, 3.8) is 0 Å². The maximum atomic E-state index is 12.1. The predicted molar refractivity (Wildman–Crippen MR) is 68.0 cm³/mol. The standard InChI is InChI=1S/C14H18N2O/c1-14(7-4-8-14)16-13(17)12-9-10-5-2-3-6-11(10)15-12/h2-3,5-6,12,15H,4,7-9H2,1H3,(H,16,17). The average Bonchev–Trinajstić information content (AvgIpc) is 2.70. The maximum Gasteiger partial charge on any atom is 0.243 e. The highest BCUT2D eigenvalue weighted by Crippen LogP contribution is 2.32. The topological polar surface area (TPSA) is 41.1 Å². The van der Waals surface area contributed by atoms with Crippen molar-refractivity contribution < 1.29 is 4.79 Å². The minimum Gasteiger partial charge on any atom is -0.373 e. The summed E-state index contributed by atoms with van der Waals surface area (Å²) in [4.78, 5) is 12.1. The number of hydrogen-bond donors (Lipinski definition) is 2. The molecule has 0 radical (unpaired) electrons. The minimum absolute atomic E-state index is 0.0491. The third-order valence-electron chi connectivity index (χ3n) is 3.97. The van der Waals surface area contributed by atoms with Crippen molar-refractivity contribution in [3.8, 4) is 0 Å². The Morgan fingerprint density at radius 2 is 2.18 bits per heavy atom. The van der Waals surface area contributed by atoms with Gasteiger partial charge in [-0.1, -0.05) is 18.2 Å². The third-order valence-corrected chi connectivity index (χ3v) is 3.97. The van der Waals surface area contributed by atoms with Crippen molar-refractivity contribution in [1.82, 2.24) is 5.32 Å². The molecule has 3 heteroatoms. The fourth-order valence-electron chi connectivity index (χ4n) is 2.67. The van der Waals surface area contributed by atoms with E-state index in [1.165, 1.54) is 12.0 Å². The van der Waals surface area contributed by atoms with E-state index in [0.717, 1.165) is 24.9 Å². The molecular weight excluding hydrogens is 212 g/mol. The first-order chi connectivity index (χ1) is 8.16. The van der Waals surface area contributed by atoms with Gasteiger partial charge in [-0.3, -0.25) is 4.79 Å². The zero-order valence-electron chi connectivity index (χ0n) is 10.1. The Morgan fingerprint density at radius 3 is 2.82 bits per heavy atom. The number of para-hydroxylation sites is 1. The van der Waals surface area contributed by atoms with Crippen LogP contribution in [0.3, 0.4) is 0 Å². The Bertz CT molecular complexity index is 426. The van der Waals surface area contributed by atoms with Crippen molar-refractivity contribution in [2.24, 2.45) is 0 Å². The Hall–Kier alpha value is -1.51. The van der Waals surface area contributed by atoms with E-state index in [-0.39, 0.29) is 17.5 Å². The fraction of sp³-hybridized carbons (Fsp3) is 0.500. The summed E-state index contributed by atoms with van der Waals surface area (Å²) < 4.78 is 0. The molecule has 1 saturated carbocycles. The van der Waals surface area contributed by atoms with Crippen LogP contribution < -0.4 is 10.6 Å². The molecule has 17 heavy (non-hydrogen) atoms. The molecule has 0 spiro atoms. The monoisotopic (exact) mass is 230 g/mol. The molecule has 1 heterocycles. The second-order valence-corrected chi connectivity index (χ2v) is 5.46. The second kappa shape index (κ2) is 3.76. The number of anilines is 1. The predicted octanol–water partition coefficient (Wildman–Crippen LogP) is 2.08. The molecule has 1 fully saturated rings. The molecule has 1 aliphatic heterocycles. The van der Waals surface area contributed by atoms with E-state index in [2.05, 4.69) is 23.6 Å². The number of rotatable bonds is 2. The highest BCUT2D eigenvalue weighted by atomic mass is 16.2. The molecule has 2 aliphatic rings. The van der Waals surface area contributed by atoms with Gasteiger partial charge in [0.15, 0.2) is 0 Å². The highest BCUT2D eigenvalue weighted by Gasteiger charge is 2.36. The lowest BCUT2D eigenvalue weighted by atomic mass is 9.78. The van der Waals surface area contributed by atoms with E-state index in [9.17, 15) is 4.79 Å². The minimum atomic E-state index is -0.0928. The van der Waals surface area contributed by atoms with Gasteiger partial charge in [0.2, 0.25) is 5.91 Å². The van der Waals surface area contributed by atoms with Gasteiger partial charge in [-0.25, -0.2) is 0 Å². The second-order valence-electron chi connectivity index (χ2n) is 5.46. The van der Waals surface area contributed by atoms with Gasteiger partial charge in [0, 0.05) is 17.6 Å². The summed E-state index contributed by atoms with van der Waals surface area (Å²) in [6, 6.07) is 8.05.